The molecule has 8 aromatic rings. The lowest BCUT2D eigenvalue weighted by atomic mass is 9.66. The summed E-state index contributed by atoms with van der Waals surface area (Å²) in [5.74, 6) is 0. The quantitative estimate of drug-likeness (QED) is 0.155. The molecule has 1 aliphatic carbocycles. The fourth-order valence-corrected chi connectivity index (χ4v) is 8.95. The fraction of sp³-hybridized carbons (Fsp3) is 0.0943. The van der Waals surface area contributed by atoms with Crippen LogP contribution in [-0.4, -0.2) is 0 Å². The van der Waals surface area contributed by atoms with Gasteiger partial charge in [0, 0.05) is 34.1 Å². The molecule has 266 valence electrons. The first kappa shape index (κ1) is 34.1. The predicted molar refractivity (Wildman–Crippen MR) is 232 cm³/mol. The number of anilines is 6. The topological polar surface area (TPSA) is 6.48 Å². The number of nitrogens with zero attached hydrogens (tertiary/aromatic N) is 2. The van der Waals surface area contributed by atoms with Crippen LogP contribution in [0.1, 0.15) is 44.5 Å². The number of para-hydroxylation sites is 4. The van der Waals surface area contributed by atoms with Crippen LogP contribution in [0.4, 0.5) is 34.1 Å². The number of benzene rings is 8. The molecule has 0 saturated carbocycles. The van der Waals surface area contributed by atoms with Gasteiger partial charge in [0.1, 0.15) is 0 Å². The van der Waals surface area contributed by atoms with Crippen molar-refractivity contribution >= 4 is 34.1 Å². The van der Waals surface area contributed by atoms with Crippen molar-refractivity contribution in [2.75, 3.05) is 9.80 Å². The highest BCUT2D eigenvalue weighted by molar-refractivity contribution is 5.92. The third-order valence-electron chi connectivity index (χ3n) is 11.0. The fourth-order valence-electron chi connectivity index (χ4n) is 8.95. The first-order chi connectivity index (χ1) is 26.9. The average Bonchev–Trinajstić information content (AvgIpc) is 3.49. The molecule has 2 nitrogen and oxygen atoms in total. The Kier molecular flexibility index (Phi) is 8.67. The van der Waals surface area contributed by atoms with Gasteiger partial charge in [-0.05, 0) is 134 Å². The second kappa shape index (κ2) is 14.0. The molecule has 0 spiro atoms. The molecule has 0 saturated heterocycles. The molecule has 8 aromatic carbocycles. The van der Waals surface area contributed by atoms with Gasteiger partial charge < -0.3 is 9.80 Å². The second-order valence-electron chi connectivity index (χ2n) is 15.0. The second-order valence-corrected chi connectivity index (χ2v) is 15.0. The monoisotopic (exact) mass is 708 g/mol. The van der Waals surface area contributed by atoms with Crippen LogP contribution in [0.3, 0.4) is 0 Å². The number of aryl methyl sites for hydroxylation is 4. The van der Waals surface area contributed by atoms with Crippen molar-refractivity contribution in [2.45, 2.75) is 33.1 Å². The molecule has 0 aliphatic heterocycles. The van der Waals surface area contributed by atoms with Crippen molar-refractivity contribution in [3.05, 3.63) is 239 Å². The van der Waals surface area contributed by atoms with E-state index in [0.717, 1.165) is 34.1 Å². The van der Waals surface area contributed by atoms with Crippen molar-refractivity contribution in [3.8, 4) is 11.1 Å². The number of rotatable bonds is 8. The Morgan fingerprint density at radius 3 is 0.873 bits per heavy atom. The van der Waals surface area contributed by atoms with Crippen molar-refractivity contribution in [1.29, 1.82) is 0 Å². The summed E-state index contributed by atoms with van der Waals surface area (Å²) in [6.07, 6.45) is 0. The van der Waals surface area contributed by atoms with Gasteiger partial charge in [0.25, 0.3) is 0 Å². The first-order valence-corrected chi connectivity index (χ1v) is 19.2. The van der Waals surface area contributed by atoms with Crippen LogP contribution in [0.15, 0.2) is 194 Å². The molecule has 0 fully saturated rings. The highest BCUT2D eigenvalue weighted by Crippen LogP contribution is 2.59. The Morgan fingerprint density at radius 2 is 0.582 bits per heavy atom. The zero-order valence-electron chi connectivity index (χ0n) is 31.9. The zero-order valence-corrected chi connectivity index (χ0v) is 31.9. The summed E-state index contributed by atoms with van der Waals surface area (Å²) < 4.78 is 0. The highest BCUT2D eigenvalue weighted by Gasteiger charge is 2.47. The van der Waals surface area contributed by atoms with Crippen LogP contribution < -0.4 is 9.80 Å². The van der Waals surface area contributed by atoms with Gasteiger partial charge in [0.2, 0.25) is 0 Å². The standard InChI is InChI=1S/C53H44N2/c1-37-29-38(2)32-41(31-37)53(42-33-39(3)30-40(4)34-42)51-35-47(54(43-17-9-5-10-18-43)44-19-11-6-12-20-44)25-27-49(51)50-28-26-48(36-52(50)53)55(45-21-13-7-14-22-45)46-23-15-8-16-24-46/h5-36H,1-4H3. The van der Waals surface area contributed by atoms with Gasteiger partial charge in [0.05, 0.1) is 5.41 Å². The maximum Gasteiger partial charge on any atom is 0.0715 e. The number of hydrogen-bond donors (Lipinski definition) is 0. The van der Waals surface area contributed by atoms with Crippen LogP contribution in [0.25, 0.3) is 11.1 Å². The molecular formula is C53H44N2. The number of hydrogen-bond acceptors (Lipinski definition) is 2. The molecule has 9 rings (SSSR count). The van der Waals surface area contributed by atoms with E-state index >= 15 is 0 Å². The minimum Gasteiger partial charge on any atom is -0.310 e. The maximum atomic E-state index is 2.47. The number of fused-ring (bicyclic) bond motifs is 3. The van der Waals surface area contributed by atoms with E-state index in [1.165, 1.54) is 55.6 Å². The van der Waals surface area contributed by atoms with Gasteiger partial charge in [0.15, 0.2) is 0 Å². The molecular weight excluding hydrogens is 665 g/mol. The SMILES string of the molecule is Cc1cc(C)cc(C2(c3cc(C)cc(C)c3)c3cc(N(c4ccccc4)c4ccccc4)ccc3-c3ccc(N(c4ccccc4)c4ccccc4)cc32)c1. The molecule has 0 amide bonds. The van der Waals surface area contributed by atoms with Gasteiger partial charge in [-0.25, -0.2) is 0 Å². The Balaban J connectivity index is 1.38. The molecule has 1 aliphatic rings. The van der Waals surface area contributed by atoms with Crippen LogP contribution in [-0.2, 0) is 5.41 Å². The van der Waals surface area contributed by atoms with Gasteiger partial charge >= 0.3 is 0 Å². The van der Waals surface area contributed by atoms with Crippen molar-refractivity contribution in [2.24, 2.45) is 0 Å². The van der Waals surface area contributed by atoms with Gasteiger partial charge in [-0.3, -0.25) is 0 Å². The maximum absolute atomic E-state index is 2.47. The van der Waals surface area contributed by atoms with Gasteiger partial charge in [-0.15, -0.1) is 0 Å². The molecule has 0 bridgehead atoms. The van der Waals surface area contributed by atoms with Crippen LogP contribution in [0.5, 0.6) is 0 Å². The molecule has 0 N–H and O–H groups in total. The Labute approximate surface area is 325 Å². The molecule has 2 heteroatoms. The van der Waals surface area contributed by atoms with E-state index in [4.69, 9.17) is 0 Å². The van der Waals surface area contributed by atoms with E-state index in [1.807, 2.05) is 0 Å². The van der Waals surface area contributed by atoms with E-state index in [1.54, 1.807) is 0 Å². The Hall–Kier alpha value is -6.64. The van der Waals surface area contributed by atoms with E-state index in [0.29, 0.717) is 0 Å². The van der Waals surface area contributed by atoms with E-state index < -0.39 is 5.41 Å². The Morgan fingerprint density at radius 1 is 0.291 bits per heavy atom. The third-order valence-corrected chi connectivity index (χ3v) is 11.0. The van der Waals surface area contributed by atoms with Crippen molar-refractivity contribution in [1.82, 2.24) is 0 Å². The lowest BCUT2D eigenvalue weighted by Crippen LogP contribution is -2.29. The van der Waals surface area contributed by atoms with Gasteiger partial charge in [-0.1, -0.05) is 144 Å². The van der Waals surface area contributed by atoms with Crippen LogP contribution in [0, 0.1) is 27.7 Å². The first-order valence-electron chi connectivity index (χ1n) is 19.2. The lowest BCUT2D eigenvalue weighted by molar-refractivity contribution is 0.763. The molecule has 0 unspecified atom stereocenters. The summed E-state index contributed by atoms with van der Waals surface area (Å²) in [5.41, 5.74) is 18.8. The molecule has 0 aromatic heterocycles. The smallest absolute Gasteiger partial charge is 0.0715 e. The summed E-state index contributed by atoms with van der Waals surface area (Å²) in [7, 11) is 0. The molecule has 0 atom stereocenters. The zero-order chi connectivity index (χ0) is 37.5. The summed E-state index contributed by atoms with van der Waals surface area (Å²) >= 11 is 0. The van der Waals surface area contributed by atoms with Crippen LogP contribution in [0.2, 0.25) is 0 Å². The molecule has 55 heavy (non-hydrogen) atoms. The summed E-state index contributed by atoms with van der Waals surface area (Å²) in [6, 6.07) is 71.4. The van der Waals surface area contributed by atoms with E-state index in [2.05, 4.69) is 232 Å². The van der Waals surface area contributed by atoms with E-state index in [9.17, 15) is 0 Å². The third kappa shape index (κ3) is 6.01. The normalized spacial score (nSPS) is 12.5. The summed E-state index contributed by atoms with van der Waals surface area (Å²) in [4.78, 5) is 4.77. The van der Waals surface area contributed by atoms with E-state index in [-0.39, 0.29) is 0 Å². The van der Waals surface area contributed by atoms with Crippen molar-refractivity contribution in [3.63, 3.8) is 0 Å². The summed E-state index contributed by atoms with van der Waals surface area (Å²) in [6.45, 7) is 8.92. The highest BCUT2D eigenvalue weighted by atomic mass is 15.1. The molecule has 0 heterocycles. The minimum absolute atomic E-state index is 0.609. The largest absolute Gasteiger partial charge is 0.310 e. The van der Waals surface area contributed by atoms with Gasteiger partial charge in [-0.2, -0.15) is 0 Å². The minimum atomic E-state index is -0.609. The lowest BCUT2D eigenvalue weighted by Gasteiger charge is -2.36. The average molecular weight is 709 g/mol. The van der Waals surface area contributed by atoms with Crippen LogP contribution >= 0.6 is 0 Å². The molecule has 0 radical (unpaired) electrons. The summed E-state index contributed by atoms with van der Waals surface area (Å²) in [5, 5.41) is 0. The Bertz CT molecular complexity index is 2320. The predicted octanol–water partition coefficient (Wildman–Crippen LogP) is 14.2. The van der Waals surface area contributed by atoms with Crippen molar-refractivity contribution < 1.29 is 0 Å².